The smallest absolute Gasteiger partial charge is 0.231 e. The van der Waals surface area contributed by atoms with Crippen molar-refractivity contribution >= 4 is 27.9 Å². The Morgan fingerprint density at radius 3 is 2.62 bits per heavy atom. The number of hydrogen-bond acceptors (Lipinski definition) is 8. The van der Waals surface area contributed by atoms with Gasteiger partial charge in [-0.1, -0.05) is 6.92 Å². The van der Waals surface area contributed by atoms with Crippen LogP contribution in [0.2, 0.25) is 0 Å². The molecular formula is C11H21N7O2S. The lowest BCUT2D eigenvalue weighted by Gasteiger charge is -2.16. The van der Waals surface area contributed by atoms with Gasteiger partial charge in [0.05, 0.1) is 5.75 Å². The van der Waals surface area contributed by atoms with E-state index in [1.165, 1.54) is 0 Å². The Hall–Kier alpha value is -1.68. The maximum absolute atomic E-state index is 11.5. The molecule has 0 radical (unpaired) electrons. The second kappa shape index (κ2) is 6.85. The van der Waals surface area contributed by atoms with Gasteiger partial charge in [0, 0.05) is 26.2 Å². The molecule has 0 amide bonds. The van der Waals surface area contributed by atoms with Crippen LogP contribution >= 0.6 is 0 Å². The highest BCUT2D eigenvalue weighted by atomic mass is 32.2. The van der Waals surface area contributed by atoms with Crippen LogP contribution in [-0.4, -0.2) is 55.3 Å². The molecule has 0 saturated carbocycles. The van der Waals surface area contributed by atoms with Gasteiger partial charge in [-0.25, -0.2) is 13.1 Å². The quantitative estimate of drug-likeness (QED) is 0.609. The zero-order valence-electron chi connectivity index (χ0n) is 12.0. The molecule has 0 unspecified atom stereocenters. The molecule has 1 aromatic heterocycles. The van der Waals surface area contributed by atoms with Gasteiger partial charge in [0.2, 0.25) is 27.9 Å². The summed E-state index contributed by atoms with van der Waals surface area (Å²) in [6, 6.07) is 0. The SMILES string of the molecule is CCNS(=O)(=O)CCNc1nc(N)nc(N2CCCC2)n1. The van der Waals surface area contributed by atoms with Gasteiger partial charge in [0.1, 0.15) is 0 Å². The Morgan fingerprint density at radius 2 is 1.95 bits per heavy atom. The first-order valence-corrected chi connectivity index (χ1v) is 8.63. The minimum absolute atomic E-state index is 0.0501. The summed E-state index contributed by atoms with van der Waals surface area (Å²) in [7, 11) is -3.26. The first kappa shape index (κ1) is 15.7. The number of aromatic nitrogens is 3. The third kappa shape index (κ3) is 4.67. The molecular weight excluding hydrogens is 294 g/mol. The first-order valence-electron chi connectivity index (χ1n) is 6.98. The Balaban J connectivity index is 1.97. The predicted molar refractivity (Wildman–Crippen MR) is 81.6 cm³/mol. The number of nitrogen functional groups attached to an aromatic ring is 1. The number of hydrogen-bond donors (Lipinski definition) is 3. The van der Waals surface area contributed by atoms with Gasteiger partial charge in [-0.15, -0.1) is 0 Å². The standard InChI is InChI=1S/C11H21N7O2S/c1-2-14-21(19,20)8-5-13-10-15-9(12)16-11(17-10)18-6-3-4-7-18/h14H,2-8H2,1H3,(H3,12,13,15,16,17). The number of rotatable bonds is 7. The lowest BCUT2D eigenvalue weighted by Crippen LogP contribution is -2.29. The Labute approximate surface area is 124 Å². The highest BCUT2D eigenvalue weighted by Gasteiger charge is 2.17. The number of anilines is 3. The van der Waals surface area contributed by atoms with Crippen molar-refractivity contribution in [3.63, 3.8) is 0 Å². The minimum atomic E-state index is -3.26. The van der Waals surface area contributed by atoms with Gasteiger partial charge >= 0.3 is 0 Å². The van der Waals surface area contributed by atoms with E-state index in [0.29, 0.717) is 18.4 Å². The van der Waals surface area contributed by atoms with Gasteiger partial charge in [-0.05, 0) is 12.8 Å². The van der Waals surface area contributed by atoms with E-state index in [0.717, 1.165) is 25.9 Å². The van der Waals surface area contributed by atoms with Crippen molar-refractivity contribution < 1.29 is 8.42 Å². The molecule has 1 aromatic rings. The van der Waals surface area contributed by atoms with Crippen LogP contribution in [0.4, 0.5) is 17.8 Å². The van der Waals surface area contributed by atoms with Crippen LogP contribution < -0.4 is 20.7 Å². The third-order valence-electron chi connectivity index (χ3n) is 3.05. The summed E-state index contributed by atoms with van der Waals surface area (Å²) in [5.41, 5.74) is 5.67. The van der Waals surface area contributed by atoms with E-state index in [-0.39, 0.29) is 18.2 Å². The molecule has 1 aliphatic rings. The molecule has 0 atom stereocenters. The molecule has 10 heteroatoms. The fourth-order valence-corrected chi connectivity index (χ4v) is 3.06. The summed E-state index contributed by atoms with van der Waals surface area (Å²) >= 11 is 0. The predicted octanol–water partition coefficient (Wildman–Crippen LogP) is -0.595. The molecule has 4 N–H and O–H groups in total. The van der Waals surface area contributed by atoms with E-state index < -0.39 is 10.0 Å². The molecule has 1 aliphatic heterocycles. The molecule has 0 spiro atoms. The normalized spacial score (nSPS) is 15.4. The van der Waals surface area contributed by atoms with Crippen LogP contribution in [0.25, 0.3) is 0 Å². The van der Waals surface area contributed by atoms with E-state index in [2.05, 4.69) is 25.0 Å². The van der Waals surface area contributed by atoms with Gasteiger partial charge in [-0.3, -0.25) is 0 Å². The molecule has 0 aromatic carbocycles. The van der Waals surface area contributed by atoms with Crippen LogP contribution in [0.5, 0.6) is 0 Å². The van der Waals surface area contributed by atoms with Crippen LogP contribution in [0.3, 0.4) is 0 Å². The monoisotopic (exact) mass is 315 g/mol. The molecule has 118 valence electrons. The van der Waals surface area contributed by atoms with Crippen molar-refractivity contribution in [1.29, 1.82) is 0 Å². The summed E-state index contributed by atoms with van der Waals surface area (Å²) in [5, 5.41) is 2.88. The lowest BCUT2D eigenvalue weighted by atomic mass is 10.4. The van der Waals surface area contributed by atoms with E-state index in [1.807, 2.05) is 4.90 Å². The molecule has 0 aliphatic carbocycles. The van der Waals surface area contributed by atoms with E-state index in [9.17, 15) is 8.42 Å². The molecule has 1 saturated heterocycles. The summed E-state index contributed by atoms with van der Waals surface area (Å²) in [5.74, 6) is 0.919. The Bertz CT molecular complexity index is 572. The average molecular weight is 315 g/mol. The average Bonchev–Trinajstić information content (AvgIpc) is 2.91. The van der Waals surface area contributed by atoms with Crippen LogP contribution in [0.1, 0.15) is 19.8 Å². The van der Waals surface area contributed by atoms with E-state index >= 15 is 0 Å². The number of nitrogens with zero attached hydrogens (tertiary/aromatic N) is 4. The lowest BCUT2D eigenvalue weighted by molar-refractivity contribution is 0.584. The van der Waals surface area contributed by atoms with Crippen molar-refractivity contribution in [2.75, 3.05) is 47.9 Å². The molecule has 0 bridgehead atoms. The highest BCUT2D eigenvalue weighted by molar-refractivity contribution is 7.89. The molecule has 1 fully saturated rings. The maximum atomic E-state index is 11.5. The Kier molecular flexibility index (Phi) is 5.12. The largest absolute Gasteiger partial charge is 0.368 e. The number of nitrogens with one attached hydrogen (secondary N) is 2. The third-order valence-corrected chi connectivity index (χ3v) is 4.52. The van der Waals surface area contributed by atoms with Crippen LogP contribution in [-0.2, 0) is 10.0 Å². The van der Waals surface area contributed by atoms with Crippen molar-refractivity contribution in [3.05, 3.63) is 0 Å². The van der Waals surface area contributed by atoms with Crippen LogP contribution in [0, 0.1) is 0 Å². The summed E-state index contributed by atoms with van der Waals surface area (Å²) in [6.45, 7) is 4.12. The zero-order chi connectivity index (χ0) is 15.3. The fraction of sp³-hybridized carbons (Fsp3) is 0.727. The zero-order valence-corrected chi connectivity index (χ0v) is 12.9. The van der Waals surface area contributed by atoms with E-state index in [4.69, 9.17) is 5.73 Å². The molecule has 9 nitrogen and oxygen atoms in total. The van der Waals surface area contributed by atoms with Crippen molar-refractivity contribution in [2.45, 2.75) is 19.8 Å². The highest BCUT2D eigenvalue weighted by Crippen LogP contribution is 2.17. The summed E-state index contributed by atoms with van der Waals surface area (Å²) < 4.78 is 25.5. The van der Waals surface area contributed by atoms with Gasteiger partial charge < -0.3 is 16.0 Å². The van der Waals surface area contributed by atoms with E-state index in [1.54, 1.807) is 6.92 Å². The number of nitrogens with two attached hydrogens (primary N) is 1. The number of sulfonamides is 1. The summed E-state index contributed by atoms with van der Waals surface area (Å²) in [6.07, 6.45) is 2.21. The van der Waals surface area contributed by atoms with Crippen LogP contribution in [0.15, 0.2) is 0 Å². The van der Waals surface area contributed by atoms with Crippen molar-refractivity contribution in [1.82, 2.24) is 19.7 Å². The van der Waals surface area contributed by atoms with Crippen molar-refractivity contribution in [2.24, 2.45) is 0 Å². The van der Waals surface area contributed by atoms with Gasteiger partial charge in [0.25, 0.3) is 0 Å². The minimum Gasteiger partial charge on any atom is -0.368 e. The van der Waals surface area contributed by atoms with Gasteiger partial charge in [-0.2, -0.15) is 15.0 Å². The second-order valence-corrected chi connectivity index (χ2v) is 6.68. The fourth-order valence-electron chi connectivity index (χ4n) is 2.11. The molecule has 21 heavy (non-hydrogen) atoms. The van der Waals surface area contributed by atoms with Gasteiger partial charge in [0.15, 0.2) is 0 Å². The topological polar surface area (TPSA) is 126 Å². The maximum Gasteiger partial charge on any atom is 0.231 e. The van der Waals surface area contributed by atoms with Crippen molar-refractivity contribution in [3.8, 4) is 0 Å². The summed E-state index contributed by atoms with van der Waals surface area (Å²) in [4.78, 5) is 14.4. The molecule has 2 heterocycles. The first-order chi connectivity index (χ1) is 10.00. The molecule has 2 rings (SSSR count). The second-order valence-electron chi connectivity index (χ2n) is 4.75. The Morgan fingerprint density at radius 1 is 1.24 bits per heavy atom.